The summed E-state index contributed by atoms with van der Waals surface area (Å²) >= 11 is 0. The average molecular weight is 344 g/mol. The summed E-state index contributed by atoms with van der Waals surface area (Å²) in [5.41, 5.74) is 0.487. The van der Waals surface area contributed by atoms with Crippen LogP contribution in [-0.4, -0.2) is 15.5 Å². The lowest BCUT2D eigenvalue weighted by Crippen LogP contribution is -2.23. The maximum Gasteiger partial charge on any atom is 0.313 e. The molecule has 3 aromatic carbocycles. The van der Waals surface area contributed by atoms with Gasteiger partial charge in [0.15, 0.2) is 0 Å². The Morgan fingerprint density at radius 2 is 1.65 bits per heavy atom. The van der Waals surface area contributed by atoms with Crippen molar-refractivity contribution < 1.29 is 9.53 Å². The number of fused-ring (bicyclic) bond motifs is 2. The summed E-state index contributed by atoms with van der Waals surface area (Å²) in [6, 6.07) is 20.5. The number of nitrogens with zero attached hydrogens (tertiary/aromatic N) is 2. The minimum atomic E-state index is -0.388. The molecule has 0 aliphatic heterocycles. The lowest BCUT2D eigenvalue weighted by Gasteiger charge is -2.09. The highest BCUT2D eigenvalue weighted by Crippen LogP contribution is 2.25. The summed E-state index contributed by atoms with van der Waals surface area (Å²) < 4.78 is 6.94. The van der Waals surface area contributed by atoms with Crippen molar-refractivity contribution in [2.75, 3.05) is 0 Å². The van der Waals surface area contributed by atoms with E-state index in [2.05, 4.69) is 4.98 Å². The number of ether oxygens (including phenoxy) is 1. The highest BCUT2D eigenvalue weighted by Gasteiger charge is 2.10. The van der Waals surface area contributed by atoms with Crippen molar-refractivity contribution in [1.82, 2.24) is 9.55 Å². The molecular weight excluding hydrogens is 328 g/mol. The molecule has 5 nitrogen and oxygen atoms in total. The second kappa shape index (κ2) is 6.80. The van der Waals surface area contributed by atoms with Gasteiger partial charge in [-0.2, -0.15) is 0 Å². The normalized spacial score (nSPS) is 10.9. The van der Waals surface area contributed by atoms with Crippen molar-refractivity contribution in [3.63, 3.8) is 0 Å². The van der Waals surface area contributed by atoms with Gasteiger partial charge in [-0.25, -0.2) is 4.98 Å². The molecule has 0 amide bonds. The Bertz CT molecular complexity index is 1160. The topological polar surface area (TPSA) is 61.2 Å². The van der Waals surface area contributed by atoms with Crippen LogP contribution in [0.25, 0.3) is 21.7 Å². The predicted molar refractivity (Wildman–Crippen MR) is 100 cm³/mol. The summed E-state index contributed by atoms with van der Waals surface area (Å²) in [7, 11) is 0. The van der Waals surface area contributed by atoms with Gasteiger partial charge in [0.25, 0.3) is 5.56 Å². The minimum Gasteiger partial charge on any atom is -0.426 e. The Balaban J connectivity index is 1.51. The molecule has 0 bridgehead atoms. The van der Waals surface area contributed by atoms with Crippen LogP contribution < -0.4 is 10.3 Å². The molecule has 0 radical (unpaired) electrons. The van der Waals surface area contributed by atoms with Crippen molar-refractivity contribution in [1.29, 1.82) is 0 Å². The van der Waals surface area contributed by atoms with E-state index in [9.17, 15) is 9.59 Å². The number of hydrogen-bond donors (Lipinski definition) is 0. The molecule has 4 aromatic rings. The van der Waals surface area contributed by atoms with E-state index in [0.717, 1.165) is 10.8 Å². The number of carbonyl (C=O) groups is 1. The van der Waals surface area contributed by atoms with Gasteiger partial charge in [-0.1, -0.05) is 48.5 Å². The SMILES string of the molecule is O=C(CCn1cnc2ccccc2c1=O)Oc1cccc2ccccc12. The smallest absolute Gasteiger partial charge is 0.313 e. The monoisotopic (exact) mass is 344 g/mol. The van der Waals surface area contributed by atoms with Crippen LogP contribution in [0.4, 0.5) is 0 Å². The fourth-order valence-electron chi connectivity index (χ4n) is 2.94. The molecule has 0 N–H and O–H groups in total. The molecule has 0 aliphatic carbocycles. The zero-order valence-electron chi connectivity index (χ0n) is 14.0. The van der Waals surface area contributed by atoms with Gasteiger partial charge >= 0.3 is 5.97 Å². The highest BCUT2D eigenvalue weighted by molar-refractivity contribution is 5.90. The molecule has 1 heterocycles. The van der Waals surface area contributed by atoms with E-state index in [4.69, 9.17) is 4.74 Å². The Kier molecular flexibility index (Phi) is 4.19. The zero-order chi connectivity index (χ0) is 17.9. The summed E-state index contributed by atoms with van der Waals surface area (Å²) in [4.78, 5) is 28.9. The summed E-state index contributed by atoms with van der Waals surface area (Å²) in [5, 5.41) is 2.43. The number of para-hydroxylation sites is 1. The number of esters is 1. The molecule has 128 valence electrons. The van der Waals surface area contributed by atoms with Gasteiger partial charge in [-0.3, -0.25) is 14.2 Å². The van der Waals surface area contributed by atoms with Gasteiger partial charge in [-0.15, -0.1) is 0 Å². The van der Waals surface area contributed by atoms with Crippen molar-refractivity contribution in [3.05, 3.63) is 83.4 Å². The van der Waals surface area contributed by atoms with Crippen LogP contribution in [0.3, 0.4) is 0 Å². The molecule has 0 unspecified atom stereocenters. The maximum absolute atomic E-state index is 12.4. The predicted octanol–water partition coefficient (Wildman–Crippen LogP) is 3.55. The summed E-state index contributed by atoms with van der Waals surface area (Å²) in [6.45, 7) is 0.222. The average Bonchev–Trinajstić information content (AvgIpc) is 2.68. The molecule has 0 atom stereocenters. The van der Waals surface area contributed by atoms with Gasteiger partial charge in [0.1, 0.15) is 5.75 Å². The van der Waals surface area contributed by atoms with Crippen molar-refractivity contribution in [3.8, 4) is 5.75 Å². The standard InChI is InChI=1S/C21H16N2O3/c24-20(26-19-11-5-7-15-6-1-2-8-16(15)19)12-13-23-14-22-18-10-4-3-9-17(18)21(23)25/h1-11,14H,12-13H2. The van der Waals surface area contributed by atoms with E-state index < -0.39 is 0 Å². The molecule has 1 aromatic heterocycles. The molecule has 0 fully saturated rings. The minimum absolute atomic E-state index is 0.0865. The van der Waals surface area contributed by atoms with Crippen LogP contribution in [-0.2, 0) is 11.3 Å². The van der Waals surface area contributed by atoms with Crippen LogP contribution in [0.1, 0.15) is 6.42 Å². The number of aromatic nitrogens is 2. The Labute approximate surface area is 149 Å². The van der Waals surface area contributed by atoms with Gasteiger partial charge in [-0.05, 0) is 23.6 Å². The van der Waals surface area contributed by atoms with E-state index in [1.165, 1.54) is 10.9 Å². The first-order valence-electron chi connectivity index (χ1n) is 8.35. The molecule has 4 rings (SSSR count). The van der Waals surface area contributed by atoms with E-state index in [0.29, 0.717) is 16.7 Å². The first-order chi connectivity index (χ1) is 12.7. The first kappa shape index (κ1) is 16.0. The second-order valence-corrected chi connectivity index (χ2v) is 5.96. The Morgan fingerprint density at radius 1 is 0.923 bits per heavy atom. The van der Waals surface area contributed by atoms with Gasteiger partial charge in [0.05, 0.1) is 23.7 Å². The fourth-order valence-corrected chi connectivity index (χ4v) is 2.94. The second-order valence-electron chi connectivity index (χ2n) is 5.96. The number of aryl methyl sites for hydroxylation is 1. The molecule has 0 spiro atoms. The Hall–Kier alpha value is -3.47. The van der Waals surface area contributed by atoms with E-state index in [-0.39, 0.29) is 24.5 Å². The van der Waals surface area contributed by atoms with Crippen LogP contribution in [0.2, 0.25) is 0 Å². The van der Waals surface area contributed by atoms with E-state index >= 15 is 0 Å². The van der Waals surface area contributed by atoms with Crippen LogP contribution in [0.5, 0.6) is 5.75 Å². The lowest BCUT2D eigenvalue weighted by atomic mass is 10.1. The van der Waals surface area contributed by atoms with Crippen LogP contribution in [0.15, 0.2) is 77.9 Å². The van der Waals surface area contributed by atoms with Gasteiger partial charge in [0, 0.05) is 11.9 Å². The molecule has 0 saturated carbocycles. The molecular formula is C21H16N2O3. The quantitative estimate of drug-likeness (QED) is 0.420. The van der Waals surface area contributed by atoms with Gasteiger partial charge < -0.3 is 4.74 Å². The van der Waals surface area contributed by atoms with Gasteiger partial charge in [0.2, 0.25) is 0 Å². The van der Waals surface area contributed by atoms with Crippen LogP contribution in [0, 0.1) is 0 Å². The first-order valence-corrected chi connectivity index (χ1v) is 8.35. The number of hydrogen-bond acceptors (Lipinski definition) is 4. The highest BCUT2D eigenvalue weighted by atomic mass is 16.5. The number of carbonyl (C=O) groups excluding carboxylic acids is 1. The number of benzene rings is 3. The summed E-state index contributed by atoms with van der Waals surface area (Å²) in [5.74, 6) is 0.137. The third-order valence-corrected chi connectivity index (χ3v) is 4.26. The van der Waals surface area contributed by atoms with E-state index in [1.54, 1.807) is 24.3 Å². The fraction of sp³-hybridized carbons (Fsp3) is 0.0952. The summed E-state index contributed by atoms with van der Waals surface area (Å²) in [6.07, 6.45) is 1.55. The largest absolute Gasteiger partial charge is 0.426 e. The van der Waals surface area contributed by atoms with Crippen LogP contribution >= 0.6 is 0 Å². The van der Waals surface area contributed by atoms with E-state index in [1.807, 2.05) is 42.5 Å². The zero-order valence-corrected chi connectivity index (χ0v) is 14.0. The lowest BCUT2D eigenvalue weighted by molar-refractivity contribution is -0.134. The molecule has 0 aliphatic rings. The third-order valence-electron chi connectivity index (χ3n) is 4.26. The van der Waals surface area contributed by atoms with Crippen molar-refractivity contribution in [2.24, 2.45) is 0 Å². The third kappa shape index (κ3) is 3.07. The Morgan fingerprint density at radius 3 is 2.54 bits per heavy atom. The molecule has 5 heteroatoms. The number of rotatable bonds is 4. The van der Waals surface area contributed by atoms with Crippen molar-refractivity contribution >= 4 is 27.6 Å². The maximum atomic E-state index is 12.4. The molecule has 26 heavy (non-hydrogen) atoms. The van der Waals surface area contributed by atoms with Crippen molar-refractivity contribution in [2.45, 2.75) is 13.0 Å². The molecule has 0 saturated heterocycles.